The topological polar surface area (TPSA) is 26.3 Å². The number of hydrogen-bond donors (Lipinski definition) is 0. The number of esters is 1. The first-order valence-electron chi connectivity index (χ1n) is 5.42. The van der Waals surface area contributed by atoms with Gasteiger partial charge in [-0.1, -0.05) is 26.2 Å². The summed E-state index contributed by atoms with van der Waals surface area (Å²) in [6.45, 7) is 4.54. The van der Waals surface area contributed by atoms with Crippen LogP contribution in [0.3, 0.4) is 0 Å². The second-order valence-electron chi connectivity index (χ2n) is 3.96. The molecule has 0 spiro atoms. The van der Waals surface area contributed by atoms with E-state index in [9.17, 15) is 4.79 Å². The van der Waals surface area contributed by atoms with Crippen LogP contribution in [0, 0.1) is 5.41 Å². The lowest BCUT2D eigenvalue weighted by atomic mass is 9.82. The zero-order valence-electron chi connectivity index (χ0n) is 8.77. The van der Waals surface area contributed by atoms with Gasteiger partial charge >= 0.3 is 5.97 Å². The lowest BCUT2D eigenvalue weighted by Crippen LogP contribution is -2.30. The SMILES string of the molecule is CCCC1(C(=O)OCC)CCCC1. The predicted molar refractivity (Wildman–Crippen MR) is 52.4 cm³/mol. The molecule has 0 N–H and O–H groups in total. The van der Waals surface area contributed by atoms with Gasteiger partial charge in [-0.3, -0.25) is 4.79 Å². The smallest absolute Gasteiger partial charge is 0.312 e. The highest BCUT2D eigenvalue weighted by Gasteiger charge is 2.41. The maximum Gasteiger partial charge on any atom is 0.312 e. The largest absolute Gasteiger partial charge is 0.466 e. The summed E-state index contributed by atoms with van der Waals surface area (Å²) in [6.07, 6.45) is 6.56. The van der Waals surface area contributed by atoms with Crippen LogP contribution in [0.5, 0.6) is 0 Å². The zero-order chi connectivity index (χ0) is 9.73. The van der Waals surface area contributed by atoms with Gasteiger partial charge in [-0.25, -0.2) is 0 Å². The van der Waals surface area contributed by atoms with Crippen LogP contribution in [-0.4, -0.2) is 12.6 Å². The molecule has 0 aromatic carbocycles. The molecule has 0 amide bonds. The van der Waals surface area contributed by atoms with E-state index < -0.39 is 0 Å². The molecule has 2 heteroatoms. The predicted octanol–water partition coefficient (Wildman–Crippen LogP) is 2.91. The van der Waals surface area contributed by atoms with Gasteiger partial charge in [0, 0.05) is 0 Å². The van der Waals surface area contributed by atoms with Crippen molar-refractivity contribution in [1.29, 1.82) is 0 Å². The van der Waals surface area contributed by atoms with Gasteiger partial charge in [-0.05, 0) is 26.2 Å². The Morgan fingerprint density at radius 3 is 2.38 bits per heavy atom. The van der Waals surface area contributed by atoms with Crippen molar-refractivity contribution in [3.63, 3.8) is 0 Å². The first-order valence-corrected chi connectivity index (χ1v) is 5.42. The first-order chi connectivity index (χ1) is 6.25. The minimum Gasteiger partial charge on any atom is -0.466 e. The molecule has 0 aliphatic heterocycles. The van der Waals surface area contributed by atoms with E-state index in [1.807, 2.05) is 6.92 Å². The van der Waals surface area contributed by atoms with Crippen molar-refractivity contribution in [2.75, 3.05) is 6.61 Å². The highest BCUT2D eigenvalue weighted by atomic mass is 16.5. The van der Waals surface area contributed by atoms with E-state index in [2.05, 4.69) is 6.92 Å². The fourth-order valence-corrected chi connectivity index (χ4v) is 2.37. The molecule has 1 aliphatic carbocycles. The van der Waals surface area contributed by atoms with Crippen molar-refractivity contribution in [3.05, 3.63) is 0 Å². The molecular weight excluding hydrogens is 164 g/mol. The summed E-state index contributed by atoms with van der Waals surface area (Å²) in [5.74, 6) is 0.0503. The summed E-state index contributed by atoms with van der Waals surface area (Å²) >= 11 is 0. The molecule has 1 fully saturated rings. The number of carbonyl (C=O) groups excluding carboxylic acids is 1. The van der Waals surface area contributed by atoms with Gasteiger partial charge in [0.15, 0.2) is 0 Å². The zero-order valence-corrected chi connectivity index (χ0v) is 8.77. The Hall–Kier alpha value is -0.530. The molecule has 0 heterocycles. The maximum atomic E-state index is 11.7. The summed E-state index contributed by atoms with van der Waals surface area (Å²) in [4.78, 5) is 11.7. The van der Waals surface area contributed by atoms with Gasteiger partial charge in [0.2, 0.25) is 0 Å². The summed E-state index contributed by atoms with van der Waals surface area (Å²) in [7, 11) is 0. The number of carbonyl (C=O) groups is 1. The molecule has 0 aromatic rings. The molecule has 76 valence electrons. The average Bonchev–Trinajstić information content (AvgIpc) is 2.55. The van der Waals surface area contributed by atoms with E-state index >= 15 is 0 Å². The minimum absolute atomic E-state index is 0.0503. The van der Waals surface area contributed by atoms with Crippen molar-refractivity contribution < 1.29 is 9.53 Å². The van der Waals surface area contributed by atoms with Gasteiger partial charge in [-0.15, -0.1) is 0 Å². The van der Waals surface area contributed by atoms with Crippen LogP contribution in [0.4, 0.5) is 0 Å². The van der Waals surface area contributed by atoms with E-state index in [-0.39, 0.29) is 11.4 Å². The van der Waals surface area contributed by atoms with Gasteiger partial charge in [0.05, 0.1) is 12.0 Å². The standard InChI is InChI=1S/C11H20O2/c1-3-7-11(8-5-6-9-11)10(12)13-4-2/h3-9H2,1-2H3. The van der Waals surface area contributed by atoms with Gasteiger partial charge in [-0.2, -0.15) is 0 Å². The Morgan fingerprint density at radius 1 is 1.31 bits per heavy atom. The fourth-order valence-electron chi connectivity index (χ4n) is 2.37. The van der Waals surface area contributed by atoms with E-state index in [0.29, 0.717) is 6.61 Å². The van der Waals surface area contributed by atoms with E-state index in [1.54, 1.807) is 0 Å². The molecule has 1 aliphatic rings. The highest BCUT2D eigenvalue weighted by molar-refractivity contribution is 5.77. The molecule has 13 heavy (non-hydrogen) atoms. The fraction of sp³-hybridized carbons (Fsp3) is 0.909. The van der Waals surface area contributed by atoms with Crippen LogP contribution in [0.25, 0.3) is 0 Å². The maximum absolute atomic E-state index is 11.7. The first kappa shape index (κ1) is 10.6. The second-order valence-corrected chi connectivity index (χ2v) is 3.96. The Morgan fingerprint density at radius 2 is 1.92 bits per heavy atom. The Labute approximate surface area is 80.7 Å². The summed E-state index contributed by atoms with van der Waals surface area (Å²) in [5.41, 5.74) is -0.106. The van der Waals surface area contributed by atoms with Crippen molar-refractivity contribution in [1.82, 2.24) is 0 Å². The third kappa shape index (κ3) is 2.23. The molecule has 0 unspecified atom stereocenters. The third-order valence-electron chi connectivity index (χ3n) is 3.00. The van der Waals surface area contributed by atoms with Crippen molar-refractivity contribution in [3.8, 4) is 0 Å². The number of hydrogen-bond acceptors (Lipinski definition) is 2. The van der Waals surface area contributed by atoms with Crippen LogP contribution >= 0.6 is 0 Å². The summed E-state index contributed by atoms with van der Waals surface area (Å²) in [6, 6.07) is 0. The molecule has 1 saturated carbocycles. The van der Waals surface area contributed by atoms with Gasteiger partial charge in [0.1, 0.15) is 0 Å². The monoisotopic (exact) mass is 184 g/mol. The molecule has 0 saturated heterocycles. The molecule has 0 atom stereocenters. The quantitative estimate of drug-likeness (QED) is 0.628. The summed E-state index contributed by atoms with van der Waals surface area (Å²) in [5, 5.41) is 0. The second kappa shape index (κ2) is 4.64. The Kier molecular flexibility index (Phi) is 3.76. The molecule has 2 nitrogen and oxygen atoms in total. The van der Waals surface area contributed by atoms with E-state index in [4.69, 9.17) is 4.74 Å². The number of ether oxygens (including phenoxy) is 1. The van der Waals surface area contributed by atoms with E-state index in [0.717, 1.165) is 25.7 Å². The van der Waals surface area contributed by atoms with Crippen molar-refractivity contribution in [2.45, 2.75) is 52.4 Å². The third-order valence-corrected chi connectivity index (χ3v) is 3.00. The highest BCUT2D eigenvalue weighted by Crippen LogP contribution is 2.42. The van der Waals surface area contributed by atoms with Crippen LogP contribution in [0.15, 0.2) is 0 Å². The van der Waals surface area contributed by atoms with Crippen molar-refractivity contribution in [2.24, 2.45) is 5.41 Å². The summed E-state index contributed by atoms with van der Waals surface area (Å²) < 4.78 is 5.14. The lowest BCUT2D eigenvalue weighted by molar-refractivity contribution is -0.155. The molecule has 1 rings (SSSR count). The van der Waals surface area contributed by atoms with Gasteiger partial charge < -0.3 is 4.74 Å². The normalized spacial score (nSPS) is 20.2. The Balaban J connectivity index is 2.60. The van der Waals surface area contributed by atoms with Crippen molar-refractivity contribution >= 4 is 5.97 Å². The van der Waals surface area contributed by atoms with Gasteiger partial charge in [0.25, 0.3) is 0 Å². The molecule has 0 radical (unpaired) electrons. The average molecular weight is 184 g/mol. The minimum atomic E-state index is -0.106. The Bertz CT molecular complexity index is 169. The molecule has 0 bridgehead atoms. The molecule has 0 aromatic heterocycles. The van der Waals surface area contributed by atoms with Crippen LogP contribution < -0.4 is 0 Å². The van der Waals surface area contributed by atoms with E-state index in [1.165, 1.54) is 12.8 Å². The van der Waals surface area contributed by atoms with Crippen LogP contribution in [-0.2, 0) is 9.53 Å². The number of rotatable bonds is 4. The lowest BCUT2D eigenvalue weighted by Gasteiger charge is -2.25. The van der Waals surface area contributed by atoms with Crippen LogP contribution in [0.1, 0.15) is 52.4 Å². The molecular formula is C11H20O2. The van der Waals surface area contributed by atoms with Crippen LogP contribution in [0.2, 0.25) is 0 Å².